The molecule has 0 saturated carbocycles. The molecule has 2 rings (SSSR count). The highest BCUT2D eigenvalue weighted by molar-refractivity contribution is 5.77. The Bertz CT molecular complexity index is 383. The second kappa shape index (κ2) is 4.55. The fourth-order valence-corrected chi connectivity index (χ4v) is 1.08. The fourth-order valence-electron chi connectivity index (χ4n) is 1.08. The van der Waals surface area contributed by atoms with Gasteiger partial charge in [0, 0.05) is 17.8 Å². The van der Waals surface area contributed by atoms with Crippen molar-refractivity contribution in [2.75, 3.05) is 0 Å². The lowest BCUT2D eigenvalue weighted by Crippen LogP contribution is -1.81. The van der Waals surface area contributed by atoms with E-state index in [0.717, 1.165) is 10.9 Å². The number of aromatic nitrogens is 2. The molecular weight excluding hydrogens is 160 g/mol. The first kappa shape index (κ1) is 9.65. The van der Waals surface area contributed by atoms with Gasteiger partial charge in [0.2, 0.25) is 0 Å². The quantitative estimate of drug-likeness (QED) is 0.613. The minimum Gasteiger partial charge on any atom is -0.262 e. The Hall–Kier alpha value is -1.44. The van der Waals surface area contributed by atoms with Gasteiger partial charge in [-0.05, 0) is 24.6 Å². The summed E-state index contributed by atoms with van der Waals surface area (Å²) in [4.78, 5) is 8.20. The van der Waals surface area contributed by atoms with E-state index in [1.165, 1.54) is 5.56 Å². The van der Waals surface area contributed by atoms with Crippen LogP contribution in [0.3, 0.4) is 0 Å². The first-order chi connectivity index (χ1) is 6.36. The zero-order chi connectivity index (χ0) is 9.68. The third-order valence-electron chi connectivity index (χ3n) is 1.62. The van der Waals surface area contributed by atoms with E-state index in [1.807, 2.05) is 33.0 Å². The van der Waals surface area contributed by atoms with Crippen molar-refractivity contribution in [3.63, 3.8) is 0 Å². The first-order valence-corrected chi connectivity index (χ1v) is 4.52. The van der Waals surface area contributed by atoms with E-state index in [9.17, 15) is 0 Å². The van der Waals surface area contributed by atoms with Crippen LogP contribution >= 0.6 is 0 Å². The molecule has 0 aliphatic carbocycles. The summed E-state index contributed by atoms with van der Waals surface area (Å²) in [7, 11) is 0. The molecule has 0 spiro atoms. The largest absolute Gasteiger partial charge is 0.262 e. The second-order valence-corrected chi connectivity index (χ2v) is 2.58. The van der Waals surface area contributed by atoms with Crippen LogP contribution in [0.15, 0.2) is 30.7 Å². The molecule has 2 aromatic rings. The van der Waals surface area contributed by atoms with E-state index in [4.69, 9.17) is 0 Å². The number of aryl methyl sites for hydroxylation is 1. The molecule has 0 N–H and O–H groups in total. The molecule has 2 aromatic heterocycles. The van der Waals surface area contributed by atoms with Crippen molar-refractivity contribution in [1.29, 1.82) is 0 Å². The number of pyridine rings is 2. The van der Waals surface area contributed by atoms with Gasteiger partial charge in [0.1, 0.15) is 0 Å². The molecule has 0 aliphatic heterocycles. The van der Waals surface area contributed by atoms with E-state index < -0.39 is 0 Å². The molecule has 13 heavy (non-hydrogen) atoms. The molecule has 0 unspecified atom stereocenters. The molecule has 0 amide bonds. The molecule has 0 aromatic carbocycles. The van der Waals surface area contributed by atoms with Crippen LogP contribution in [-0.4, -0.2) is 9.97 Å². The Labute approximate surface area is 78.7 Å². The Kier molecular flexibility index (Phi) is 3.38. The predicted molar refractivity (Wildman–Crippen MR) is 55.6 cm³/mol. The molecular formula is C11H14N2. The highest BCUT2D eigenvalue weighted by Crippen LogP contribution is 2.09. The van der Waals surface area contributed by atoms with Crippen molar-refractivity contribution >= 4 is 10.9 Å². The summed E-state index contributed by atoms with van der Waals surface area (Å²) in [5, 5.41) is 1.15. The van der Waals surface area contributed by atoms with Crippen molar-refractivity contribution in [1.82, 2.24) is 9.97 Å². The van der Waals surface area contributed by atoms with Gasteiger partial charge in [-0.2, -0.15) is 0 Å². The Balaban J connectivity index is 0.000000396. The summed E-state index contributed by atoms with van der Waals surface area (Å²) in [6, 6.07) is 4.07. The third kappa shape index (κ3) is 2.25. The van der Waals surface area contributed by atoms with Crippen LogP contribution in [0.5, 0.6) is 0 Å². The summed E-state index contributed by atoms with van der Waals surface area (Å²) in [6.45, 7) is 6.03. The monoisotopic (exact) mass is 174 g/mol. The fraction of sp³-hybridized carbons (Fsp3) is 0.273. The minimum absolute atomic E-state index is 0.957. The van der Waals surface area contributed by atoms with Gasteiger partial charge in [-0.3, -0.25) is 9.97 Å². The van der Waals surface area contributed by atoms with Gasteiger partial charge >= 0.3 is 0 Å². The summed E-state index contributed by atoms with van der Waals surface area (Å²) in [5.74, 6) is 0. The van der Waals surface area contributed by atoms with E-state index >= 15 is 0 Å². The molecule has 0 saturated heterocycles. The number of hydrogen-bond acceptors (Lipinski definition) is 2. The maximum Gasteiger partial charge on any atom is 0.0885 e. The number of fused-ring (bicyclic) bond motifs is 1. The van der Waals surface area contributed by atoms with Gasteiger partial charge in [-0.1, -0.05) is 13.8 Å². The van der Waals surface area contributed by atoms with Crippen LogP contribution < -0.4 is 0 Å². The molecule has 68 valence electrons. The topological polar surface area (TPSA) is 25.8 Å². The molecule has 0 bridgehead atoms. The van der Waals surface area contributed by atoms with Gasteiger partial charge in [0.15, 0.2) is 0 Å². The standard InChI is InChI=1S/C9H8N2.C2H6/c1-7-4-8-2-3-10-6-9(8)11-5-7;1-2/h2-6H,1H3;1-2H3. The SMILES string of the molecule is CC.Cc1cnc2cnccc2c1. The van der Waals surface area contributed by atoms with E-state index in [-0.39, 0.29) is 0 Å². The van der Waals surface area contributed by atoms with Crippen molar-refractivity contribution in [3.8, 4) is 0 Å². The average Bonchev–Trinajstić information content (AvgIpc) is 2.21. The van der Waals surface area contributed by atoms with Gasteiger partial charge < -0.3 is 0 Å². The van der Waals surface area contributed by atoms with Crippen LogP contribution in [0.1, 0.15) is 19.4 Å². The average molecular weight is 174 g/mol. The number of hydrogen-bond donors (Lipinski definition) is 0. The van der Waals surface area contributed by atoms with Gasteiger partial charge in [0.25, 0.3) is 0 Å². The minimum atomic E-state index is 0.957. The van der Waals surface area contributed by atoms with Crippen molar-refractivity contribution in [2.45, 2.75) is 20.8 Å². The first-order valence-electron chi connectivity index (χ1n) is 4.52. The van der Waals surface area contributed by atoms with Crippen molar-refractivity contribution in [3.05, 3.63) is 36.3 Å². The molecule has 0 fully saturated rings. The highest BCUT2D eigenvalue weighted by Gasteiger charge is 1.91. The summed E-state index contributed by atoms with van der Waals surface area (Å²) < 4.78 is 0. The van der Waals surface area contributed by atoms with Gasteiger partial charge in [0.05, 0.1) is 11.7 Å². The molecule has 0 radical (unpaired) electrons. The smallest absolute Gasteiger partial charge is 0.0885 e. The molecule has 2 heterocycles. The van der Waals surface area contributed by atoms with Crippen LogP contribution in [0.2, 0.25) is 0 Å². The number of rotatable bonds is 0. The zero-order valence-corrected chi connectivity index (χ0v) is 8.28. The lowest BCUT2D eigenvalue weighted by atomic mass is 10.2. The van der Waals surface area contributed by atoms with Gasteiger partial charge in [-0.15, -0.1) is 0 Å². The maximum atomic E-state index is 4.22. The number of nitrogens with zero attached hydrogens (tertiary/aromatic N) is 2. The van der Waals surface area contributed by atoms with E-state index in [1.54, 1.807) is 12.4 Å². The molecule has 0 atom stereocenters. The summed E-state index contributed by atoms with van der Waals surface area (Å²) in [5.41, 5.74) is 2.14. The Morgan fingerprint density at radius 2 is 1.92 bits per heavy atom. The Morgan fingerprint density at radius 1 is 1.15 bits per heavy atom. The van der Waals surface area contributed by atoms with Crippen LogP contribution in [0.4, 0.5) is 0 Å². The molecule has 2 heteroatoms. The third-order valence-corrected chi connectivity index (χ3v) is 1.62. The maximum absolute atomic E-state index is 4.22. The second-order valence-electron chi connectivity index (χ2n) is 2.58. The molecule has 0 aliphatic rings. The Morgan fingerprint density at radius 3 is 2.69 bits per heavy atom. The predicted octanol–water partition coefficient (Wildman–Crippen LogP) is 2.96. The van der Waals surface area contributed by atoms with E-state index in [0.29, 0.717) is 0 Å². The molecule has 2 nitrogen and oxygen atoms in total. The summed E-state index contributed by atoms with van der Waals surface area (Å²) in [6.07, 6.45) is 5.40. The lowest BCUT2D eigenvalue weighted by Gasteiger charge is -1.95. The van der Waals surface area contributed by atoms with Crippen molar-refractivity contribution in [2.24, 2.45) is 0 Å². The zero-order valence-electron chi connectivity index (χ0n) is 8.28. The highest BCUT2D eigenvalue weighted by atomic mass is 14.7. The van der Waals surface area contributed by atoms with Crippen LogP contribution in [0.25, 0.3) is 10.9 Å². The summed E-state index contributed by atoms with van der Waals surface area (Å²) >= 11 is 0. The lowest BCUT2D eigenvalue weighted by molar-refractivity contribution is 1.28. The van der Waals surface area contributed by atoms with Gasteiger partial charge in [-0.25, -0.2) is 0 Å². The normalized spacial score (nSPS) is 9.15. The van der Waals surface area contributed by atoms with E-state index in [2.05, 4.69) is 16.0 Å². The van der Waals surface area contributed by atoms with Crippen molar-refractivity contribution < 1.29 is 0 Å². The van der Waals surface area contributed by atoms with Crippen LogP contribution in [0, 0.1) is 6.92 Å². The van der Waals surface area contributed by atoms with Crippen LogP contribution in [-0.2, 0) is 0 Å².